The van der Waals surface area contributed by atoms with Crippen LogP contribution in [0.25, 0.3) is 0 Å². The van der Waals surface area contributed by atoms with Crippen LogP contribution >= 0.6 is 11.8 Å². The fraction of sp³-hybridized carbons (Fsp3) is 0.417. The highest BCUT2D eigenvalue weighted by atomic mass is 32.2. The molecule has 0 aromatic carbocycles. The van der Waals surface area contributed by atoms with Crippen LogP contribution in [-0.2, 0) is 0 Å². The minimum atomic E-state index is 0.400. The molecule has 0 amide bonds. The van der Waals surface area contributed by atoms with E-state index in [1.54, 1.807) is 18.3 Å². The lowest BCUT2D eigenvalue weighted by Gasteiger charge is -2.10. The second kappa shape index (κ2) is 5.36. The van der Waals surface area contributed by atoms with Gasteiger partial charge < -0.3 is 0 Å². The van der Waals surface area contributed by atoms with Gasteiger partial charge in [0.25, 0.3) is 0 Å². The monoisotopic (exact) mass is 272 g/mol. The van der Waals surface area contributed by atoms with E-state index in [0.717, 1.165) is 23.0 Å². The molecule has 0 radical (unpaired) electrons. The first-order valence-electron chi connectivity index (χ1n) is 6.18. The van der Waals surface area contributed by atoms with E-state index in [0.29, 0.717) is 11.6 Å². The van der Waals surface area contributed by atoms with E-state index in [2.05, 4.69) is 26.6 Å². The molecule has 0 saturated heterocycles. The van der Waals surface area contributed by atoms with E-state index in [1.807, 2.05) is 4.68 Å². The molecule has 0 aliphatic heterocycles. The number of hydrogen-bond donors (Lipinski definition) is 0. The largest absolute Gasteiger partial charge is 0.249 e. The van der Waals surface area contributed by atoms with Gasteiger partial charge in [-0.2, -0.15) is 5.26 Å². The summed E-state index contributed by atoms with van der Waals surface area (Å²) in [6, 6.07) is 5.94. The van der Waals surface area contributed by atoms with Gasteiger partial charge >= 0.3 is 0 Å². The van der Waals surface area contributed by atoms with Gasteiger partial charge in [0.1, 0.15) is 5.03 Å². The van der Waals surface area contributed by atoms with E-state index in [1.165, 1.54) is 24.6 Å². The minimum absolute atomic E-state index is 0.400. The predicted molar refractivity (Wildman–Crippen MR) is 68.4 cm³/mol. The lowest BCUT2D eigenvalue weighted by Crippen LogP contribution is -2.08. The Kier molecular flexibility index (Phi) is 3.42. The molecule has 0 bridgehead atoms. The number of hydrogen-bond acceptors (Lipinski definition) is 6. The maximum Gasteiger partial charge on any atom is 0.215 e. The van der Waals surface area contributed by atoms with Crippen molar-refractivity contribution in [3.05, 3.63) is 23.9 Å². The first-order valence-corrected chi connectivity index (χ1v) is 7.00. The van der Waals surface area contributed by atoms with Crippen LogP contribution in [0.2, 0.25) is 0 Å². The van der Waals surface area contributed by atoms with Crippen molar-refractivity contribution in [2.24, 2.45) is 0 Å². The molecule has 3 rings (SSSR count). The summed E-state index contributed by atoms with van der Waals surface area (Å²) in [6.45, 7) is 0. The Morgan fingerprint density at radius 1 is 1.37 bits per heavy atom. The first-order chi connectivity index (χ1) is 9.36. The highest BCUT2D eigenvalue weighted by Crippen LogP contribution is 2.33. The van der Waals surface area contributed by atoms with Gasteiger partial charge in [-0.05, 0) is 47.2 Å². The van der Waals surface area contributed by atoms with Crippen molar-refractivity contribution in [3.63, 3.8) is 0 Å². The number of nitrogens with zero attached hydrogens (tertiary/aromatic N) is 6. The van der Waals surface area contributed by atoms with Crippen molar-refractivity contribution >= 4 is 11.8 Å². The van der Waals surface area contributed by atoms with E-state index in [4.69, 9.17) is 5.26 Å². The minimum Gasteiger partial charge on any atom is -0.249 e. The maximum atomic E-state index is 8.88. The van der Waals surface area contributed by atoms with Crippen molar-refractivity contribution in [3.8, 4) is 6.07 Å². The summed E-state index contributed by atoms with van der Waals surface area (Å²) in [5.74, 6) is 0. The Balaban J connectivity index is 1.83. The molecular formula is C12H12N6S. The lowest BCUT2D eigenvalue weighted by molar-refractivity contribution is 0.423. The van der Waals surface area contributed by atoms with Gasteiger partial charge in [0.15, 0.2) is 0 Å². The average molecular weight is 272 g/mol. The molecule has 0 spiro atoms. The summed E-state index contributed by atoms with van der Waals surface area (Å²) in [7, 11) is 0. The standard InChI is InChI=1S/C12H12N6S/c13-8-9-5-6-14-11(7-9)19-12-15-16-17-18(12)10-3-1-2-4-10/h5-7,10H,1-4H2. The van der Waals surface area contributed by atoms with Gasteiger partial charge in [0.2, 0.25) is 5.16 Å². The molecule has 96 valence electrons. The van der Waals surface area contributed by atoms with Gasteiger partial charge in [-0.25, -0.2) is 9.67 Å². The Morgan fingerprint density at radius 2 is 2.21 bits per heavy atom. The van der Waals surface area contributed by atoms with Crippen molar-refractivity contribution in [1.82, 2.24) is 25.2 Å². The molecule has 6 nitrogen and oxygen atoms in total. The third-order valence-electron chi connectivity index (χ3n) is 3.19. The molecule has 1 saturated carbocycles. The summed E-state index contributed by atoms with van der Waals surface area (Å²) < 4.78 is 1.89. The molecule has 0 N–H and O–H groups in total. The summed E-state index contributed by atoms with van der Waals surface area (Å²) in [4.78, 5) is 4.23. The third kappa shape index (κ3) is 2.58. The molecule has 7 heteroatoms. The molecule has 0 unspecified atom stereocenters. The van der Waals surface area contributed by atoms with Gasteiger partial charge in [0.05, 0.1) is 17.7 Å². The molecular weight excluding hydrogens is 260 g/mol. The van der Waals surface area contributed by atoms with Crippen LogP contribution in [0.15, 0.2) is 28.5 Å². The molecule has 1 aliphatic carbocycles. The highest BCUT2D eigenvalue weighted by molar-refractivity contribution is 7.99. The van der Waals surface area contributed by atoms with Crippen LogP contribution in [-0.4, -0.2) is 25.2 Å². The van der Waals surface area contributed by atoms with Crippen LogP contribution in [0.4, 0.5) is 0 Å². The van der Waals surface area contributed by atoms with E-state index in [-0.39, 0.29) is 0 Å². The Hall–Kier alpha value is -1.94. The summed E-state index contributed by atoms with van der Waals surface area (Å²) in [5.41, 5.74) is 0.595. The van der Waals surface area contributed by atoms with Gasteiger partial charge in [-0.15, -0.1) is 5.10 Å². The Labute approximate surface area is 114 Å². The summed E-state index contributed by atoms with van der Waals surface area (Å²) in [5, 5.41) is 22.3. The average Bonchev–Trinajstić information content (AvgIpc) is 3.09. The zero-order chi connectivity index (χ0) is 13.1. The van der Waals surface area contributed by atoms with Gasteiger partial charge in [-0.3, -0.25) is 0 Å². The second-order valence-electron chi connectivity index (χ2n) is 4.44. The molecule has 2 aromatic rings. The van der Waals surface area contributed by atoms with Crippen molar-refractivity contribution in [1.29, 1.82) is 5.26 Å². The van der Waals surface area contributed by atoms with Crippen LogP contribution in [0.3, 0.4) is 0 Å². The second-order valence-corrected chi connectivity index (χ2v) is 5.43. The molecule has 1 aliphatic rings. The first kappa shape index (κ1) is 12.1. The highest BCUT2D eigenvalue weighted by Gasteiger charge is 2.22. The SMILES string of the molecule is N#Cc1ccnc(Sc2nnnn2C2CCCC2)c1. The normalized spacial score (nSPS) is 15.5. The van der Waals surface area contributed by atoms with Crippen LogP contribution < -0.4 is 0 Å². The topological polar surface area (TPSA) is 80.3 Å². The van der Waals surface area contributed by atoms with E-state index < -0.39 is 0 Å². The third-order valence-corrected chi connectivity index (χ3v) is 4.08. The zero-order valence-electron chi connectivity index (χ0n) is 10.2. The Bertz CT molecular complexity index is 611. The Morgan fingerprint density at radius 3 is 3.00 bits per heavy atom. The van der Waals surface area contributed by atoms with E-state index in [9.17, 15) is 0 Å². The molecule has 19 heavy (non-hydrogen) atoms. The zero-order valence-corrected chi connectivity index (χ0v) is 11.0. The van der Waals surface area contributed by atoms with Crippen molar-refractivity contribution < 1.29 is 0 Å². The fourth-order valence-electron chi connectivity index (χ4n) is 2.26. The van der Waals surface area contributed by atoms with Crippen LogP contribution in [0.1, 0.15) is 37.3 Å². The molecule has 2 aromatic heterocycles. The quantitative estimate of drug-likeness (QED) is 0.852. The van der Waals surface area contributed by atoms with Crippen LogP contribution in [0, 0.1) is 11.3 Å². The number of tetrazole rings is 1. The fourth-order valence-corrected chi connectivity index (χ4v) is 3.10. The van der Waals surface area contributed by atoms with Gasteiger partial charge in [-0.1, -0.05) is 12.8 Å². The summed E-state index contributed by atoms with van der Waals surface area (Å²) >= 11 is 1.40. The number of aromatic nitrogens is 5. The molecule has 1 fully saturated rings. The molecule has 2 heterocycles. The lowest BCUT2D eigenvalue weighted by atomic mass is 10.3. The van der Waals surface area contributed by atoms with E-state index >= 15 is 0 Å². The predicted octanol–water partition coefficient (Wildman–Crippen LogP) is 2.21. The number of rotatable bonds is 3. The maximum absolute atomic E-state index is 8.88. The number of pyridine rings is 1. The smallest absolute Gasteiger partial charge is 0.215 e. The number of nitriles is 1. The van der Waals surface area contributed by atoms with Gasteiger partial charge in [0, 0.05) is 6.20 Å². The summed E-state index contributed by atoms with van der Waals surface area (Å²) in [6.07, 6.45) is 6.35. The molecule has 0 atom stereocenters. The van der Waals surface area contributed by atoms with Crippen molar-refractivity contribution in [2.45, 2.75) is 41.9 Å². The van der Waals surface area contributed by atoms with Crippen LogP contribution in [0.5, 0.6) is 0 Å². The van der Waals surface area contributed by atoms with Crippen molar-refractivity contribution in [2.75, 3.05) is 0 Å².